The molecule has 5 N–H and O–H groups in total. The number of aromatic hydroxyl groups is 1. The third-order valence-corrected chi connectivity index (χ3v) is 6.55. The van der Waals surface area contributed by atoms with E-state index in [-0.39, 0.29) is 23.7 Å². The second-order valence-corrected chi connectivity index (χ2v) is 9.82. The lowest BCUT2D eigenvalue weighted by molar-refractivity contribution is -0.111. The molecule has 0 unspecified atom stereocenters. The minimum atomic E-state index is -1.13. The average molecular weight is 598 g/mol. The van der Waals surface area contributed by atoms with Crippen LogP contribution in [-0.4, -0.2) is 29.0 Å². The molecule has 0 spiro atoms. The second kappa shape index (κ2) is 15.0. The van der Waals surface area contributed by atoms with Crippen LogP contribution in [0.1, 0.15) is 41.8 Å². The number of carbonyl (C=O) groups excluding carboxylic acids is 3. The SMILES string of the molecule is CC(=O)c1ccc(NC(=O)O[C@@H](c2ccc(O)c(F)c2)[C@H](CC/C=C/C(=O)Nc2ccccc2N)Oc2ccccc2)cc1. The summed E-state index contributed by atoms with van der Waals surface area (Å²) in [6.45, 7) is 1.44. The zero-order valence-electron chi connectivity index (χ0n) is 23.9. The van der Waals surface area contributed by atoms with E-state index in [1.807, 2.05) is 6.07 Å². The van der Waals surface area contributed by atoms with Gasteiger partial charge in [0.05, 0.1) is 11.4 Å². The number of Topliss-reactive ketones (excluding diaryl/α,β-unsaturated/α-hetero) is 1. The van der Waals surface area contributed by atoms with E-state index in [0.29, 0.717) is 34.8 Å². The number of hydrogen-bond donors (Lipinski definition) is 4. The van der Waals surface area contributed by atoms with Gasteiger partial charge in [0.2, 0.25) is 5.91 Å². The molecule has 0 heterocycles. The second-order valence-electron chi connectivity index (χ2n) is 9.82. The third-order valence-electron chi connectivity index (χ3n) is 6.55. The average Bonchev–Trinajstić information content (AvgIpc) is 3.01. The molecule has 0 aliphatic carbocycles. The summed E-state index contributed by atoms with van der Waals surface area (Å²) < 4.78 is 26.5. The zero-order chi connectivity index (χ0) is 31.5. The first-order valence-corrected chi connectivity index (χ1v) is 13.8. The minimum absolute atomic E-state index is 0.120. The number of phenols is 1. The zero-order valence-corrected chi connectivity index (χ0v) is 23.9. The summed E-state index contributed by atoms with van der Waals surface area (Å²) >= 11 is 0. The number of anilines is 3. The van der Waals surface area contributed by atoms with E-state index in [0.717, 1.165) is 6.07 Å². The highest BCUT2D eigenvalue weighted by atomic mass is 19.1. The van der Waals surface area contributed by atoms with Crippen LogP contribution in [0, 0.1) is 5.82 Å². The number of nitrogen functional groups attached to an aromatic ring is 1. The Morgan fingerprint density at radius 1 is 0.932 bits per heavy atom. The summed E-state index contributed by atoms with van der Waals surface area (Å²) in [5.41, 5.74) is 7.91. The number of rotatable bonds is 12. The molecule has 0 aliphatic rings. The smallest absolute Gasteiger partial charge is 0.412 e. The number of para-hydroxylation sites is 3. The molecule has 0 fully saturated rings. The van der Waals surface area contributed by atoms with E-state index in [4.69, 9.17) is 15.2 Å². The predicted molar refractivity (Wildman–Crippen MR) is 166 cm³/mol. The van der Waals surface area contributed by atoms with E-state index in [1.165, 1.54) is 25.1 Å². The van der Waals surface area contributed by atoms with Crippen LogP contribution in [0.15, 0.2) is 109 Å². The van der Waals surface area contributed by atoms with Crippen LogP contribution in [0.5, 0.6) is 11.5 Å². The maximum atomic E-state index is 14.5. The molecular formula is C34H32FN3O6. The van der Waals surface area contributed by atoms with Crippen molar-refractivity contribution in [3.63, 3.8) is 0 Å². The van der Waals surface area contributed by atoms with E-state index in [9.17, 15) is 23.9 Å². The molecule has 226 valence electrons. The van der Waals surface area contributed by atoms with Gasteiger partial charge >= 0.3 is 6.09 Å². The fraction of sp³-hybridized carbons (Fsp3) is 0.147. The number of carbonyl (C=O) groups is 3. The minimum Gasteiger partial charge on any atom is -0.505 e. The Kier molecular flexibility index (Phi) is 10.7. The van der Waals surface area contributed by atoms with Crippen LogP contribution in [-0.2, 0) is 9.53 Å². The van der Waals surface area contributed by atoms with Crippen molar-refractivity contribution >= 4 is 34.8 Å². The molecule has 4 rings (SSSR count). The van der Waals surface area contributed by atoms with Gasteiger partial charge in [-0.05, 0) is 92.1 Å². The number of ketones is 1. The van der Waals surface area contributed by atoms with Crippen molar-refractivity contribution in [2.75, 3.05) is 16.4 Å². The van der Waals surface area contributed by atoms with Crippen LogP contribution in [0.25, 0.3) is 0 Å². The van der Waals surface area contributed by atoms with Crippen LogP contribution in [0.4, 0.5) is 26.2 Å². The number of allylic oxidation sites excluding steroid dienone is 1. The van der Waals surface area contributed by atoms with E-state index in [1.54, 1.807) is 78.9 Å². The highest BCUT2D eigenvalue weighted by Crippen LogP contribution is 2.31. The first-order valence-electron chi connectivity index (χ1n) is 13.8. The molecular weight excluding hydrogens is 565 g/mol. The molecule has 4 aromatic rings. The maximum Gasteiger partial charge on any atom is 0.412 e. The highest BCUT2D eigenvalue weighted by Gasteiger charge is 2.30. The van der Waals surface area contributed by atoms with E-state index >= 15 is 0 Å². The fourth-order valence-electron chi connectivity index (χ4n) is 4.29. The number of phenolic OH excluding ortho intramolecular Hbond substituents is 1. The van der Waals surface area contributed by atoms with Crippen LogP contribution in [0.3, 0.4) is 0 Å². The number of nitrogens with two attached hydrogens (primary N) is 1. The van der Waals surface area contributed by atoms with Gasteiger partial charge < -0.3 is 25.6 Å². The van der Waals surface area contributed by atoms with E-state index < -0.39 is 29.9 Å². The Labute approximate surface area is 254 Å². The van der Waals surface area contributed by atoms with Crippen molar-refractivity contribution in [1.29, 1.82) is 0 Å². The lowest BCUT2D eigenvalue weighted by atomic mass is 9.99. The molecule has 2 amide bonds. The quantitative estimate of drug-likeness (QED) is 0.0781. The summed E-state index contributed by atoms with van der Waals surface area (Å²) in [6, 6.07) is 25.6. The van der Waals surface area contributed by atoms with Crippen molar-refractivity contribution in [2.45, 2.75) is 32.0 Å². The number of halogens is 1. The van der Waals surface area contributed by atoms with Crippen LogP contribution in [0.2, 0.25) is 0 Å². The van der Waals surface area contributed by atoms with Crippen molar-refractivity contribution < 1.29 is 33.4 Å². The first-order chi connectivity index (χ1) is 21.2. The highest BCUT2D eigenvalue weighted by molar-refractivity contribution is 6.01. The van der Waals surface area contributed by atoms with Gasteiger partial charge in [0, 0.05) is 11.3 Å². The first kappa shape index (κ1) is 31.3. The molecule has 0 saturated carbocycles. The van der Waals surface area contributed by atoms with Gasteiger partial charge in [-0.2, -0.15) is 0 Å². The number of benzene rings is 4. The number of ether oxygens (including phenoxy) is 2. The van der Waals surface area contributed by atoms with Crippen molar-refractivity contribution in [3.05, 3.63) is 126 Å². The van der Waals surface area contributed by atoms with Crippen molar-refractivity contribution in [3.8, 4) is 11.5 Å². The normalized spacial score (nSPS) is 12.2. The van der Waals surface area contributed by atoms with Crippen LogP contribution < -0.4 is 21.1 Å². The summed E-state index contributed by atoms with van der Waals surface area (Å²) in [6.07, 6.45) is 0.748. The predicted octanol–water partition coefficient (Wildman–Crippen LogP) is 7.03. The van der Waals surface area contributed by atoms with Crippen molar-refractivity contribution in [1.82, 2.24) is 0 Å². The fourth-order valence-corrected chi connectivity index (χ4v) is 4.29. The molecule has 2 atom stereocenters. The lowest BCUT2D eigenvalue weighted by Gasteiger charge is -2.28. The Hall–Kier alpha value is -5.64. The monoisotopic (exact) mass is 597 g/mol. The molecule has 0 bridgehead atoms. The molecule has 0 aliphatic heterocycles. The summed E-state index contributed by atoms with van der Waals surface area (Å²) in [5, 5.41) is 15.1. The standard InChI is InChI=1S/C34H32FN3O6/c1-22(39)23-15-18-25(19-16-23)37-34(42)44-33(24-17-20-30(40)27(35)21-24)31(43-26-9-3-2-4-10-26)13-7-8-14-32(41)38-29-12-6-5-11-28(29)36/h2-6,8-12,14-21,31,33,40H,7,13,36H2,1H3,(H,37,42)(H,38,41)/b14-8+/t31-,33-/m0/s1. The largest absolute Gasteiger partial charge is 0.505 e. The van der Waals surface area contributed by atoms with Crippen molar-refractivity contribution in [2.24, 2.45) is 0 Å². The number of hydrogen-bond acceptors (Lipinski definition) is 7. The van der Waals surface area contributed by atoms with Gasteiger partial charge in [-0.15, -0.1) is 0 Å². The number of amides is 2. The summed E-state index contributed by atoms with van der Waals surface area (Å²) in [4.78, 5) is 37.1. The van der Waals surface area contributed by atoms with Gasteiger partial charge in [0.25, 0.3) is 0 Å². The van der Waals surface area contributed by atoms with Gasteiger partial charge in [-0.3, -0.25) is 14.9 Å². The molecule has 44 heavy (non-hydrogen) atoms. The van der Waals surface area contributed by atoms with E-state index in [2.05, 4.69) is 10.6 Å². The maximum absolute atomic E-state index is 14.5. The molecule has 0 saturated heterocycles. The molecule has 4 aromatic carbocycles. The molecule has 10 heteroatoms. The summed E-state index contributed by atoms with van der Waals surface area (Å²) in [5.74, 6) is -1.48. The Morgan fingerprint density at radius 2 is 1.64 bits per heavy atom. The number of nitrogens with one attached hydrogen (secondary N) is 2. The summed E-state index contributed by atoms with van der Waals surface area (Å²) in [7, 11) is 0. The molecule has 0 aromatic heterocycles. The van der Waals surface area contributed by atoms with Crippen LogP contribution >= 0.6 is 0 Å². The van der Waals surface area contributed by atoms with Gasteiger partial charge in [0.1, 0.15) is 11.9 Å². The third kappa shape index (κ3) is 8.93. The Morgan fingerprint density at radius 3 is 2.32 bits per heavy atom. The lowest BCUT2D eigenvalue weighted by Crippen LogP contribution is -2.31. The topological polar surface area (TPSA) is 140 Å². The molecule has 9 nitrogen and oxygen atoms in total. The molecule has 0 radical (unpaired) electrons. The Balaban J connectivity index is 1.55. The van der Waals surface area contributed by atoms with Gasteiger partial charge in [-0.1, -0.05) is 42.5 Å². The van der Waals surface area contributed by atoms with Gasteiger partial charge in [-0.25, -0.2) is 9.18 Å². The Bertz CT molecular complexity index is 1630. The van der Waals surface area contributed by atoms with Gasteiger partial charge in [0.15, 0.2) is 23.5 Å².